The van der Waals surface area contributed by atoms with Crippen molar-refractivity contribution in [1.82, 2.24) is 4.98 Å². The lowest BCUT2D eigenvalue weighted by molar-refractivity contribution is -0.157. The van der Waals surface area contributed by atoms with Gasteiger partial charge in [-0.15, -0.1) is 0 Å². The third kappa shape index (κ3) is 1.29. The molecule has 0 spiro atoms. The topological polar surface area (TPSA) is 26.0 Å². The highest BCUT2D eigenvalue weighted by atomic mass is 19.4. The summed E-state index contributed by atoms with van der Waals surface area (Å²) >= 11 is 0. The predicted octanol–water partition coefficient (Wildman–Crippen LogP) is 2.00. The Kier molecular flexibility index (Phi) is 1.42. The molecule has 0 aromatic carbocycles. The summed E-state index contributed by atoms with van der Waals surface area (Å²) < 4.78 is 39.0. The van der Waals surface area contributed by atoms with Crippen LogP contribution < -0.4 is 0 Å². The lowest BCUT2D eigenvalue weighted by Gasteiger charge is -1.96. The number of hydrogen-bond acceptors (Lipinski definition) is 2. The molecular weight excluding hydrogens is 147 g/mol. The molecule has 1 rings (SSSR count). The van der Waals surface area contributed by atoms with Gasteiger partial charge in [-0.1, -0.05) is 0 Å². The van der Waals surface area contributed by atoms with Gasteiger partial charge >= 0.3 is 12.1 Å². The first-order valence-electron chi connectivity index (χ1n) is 2.49. The fraction of sp³-hybridized carbons (Fsp3) is 0.400. The normalized spacial score (nSPS) is 12.0. The minimum Gasteiger partial charge on any atom is -0.441 e. The SMILES string of the molecule is Cc1coc(C(F)(F)F)n1. The van der Waals surface area contributed by atoms with E-state index in [0.29, 0.717) is 0 Å². The standard InChI is InChI=1S/C5H4F3NO/c1-3-2-10-4(9-3)5(6,7)8/h2H,1H3. The summed E-state index contributed by atoms with van der Waals surface area (Å²) in [5.74, 6) is -1.19. The van der Waals surface area contributed by atoms with Crippen molar-refractivity contribution in [3.05, 3.63) is 17.8 Å². The monoisotopic (exact) mass is 151 g/mol. The van der Waals surface area contributed by atoms with Gasteiger partial charge in [0.1, 0.15) is 6.26 Å². The van der Waals surface area contributed by atoms with Gasteiger partial charge in [0.15, 0.2) is 0 Å². The van der Waals surface area contributed by atoms with E-state index in [1.165, 1.54) is 6.92 Å². The molecule has 0 unspecified atom stereocenters. The second kappa shape index (κ2) is 2.00. The third-order valence-corrected chi connectivity index (χ3v) is 0.862. The van der Waals surface area contributed by atoms with E-state index >= 15 is 0 Å². The van der Waals surface area contributed by atoms with Gasteiger partial charge in [0.05, 0.1) is 5.69 Å². The molecule has 10 heavy (non-hydrogen) atoms. The zero-order valence-corrected chi connectivity index (χ0v) is 5.07. The third-order valence-electron chi connectivity index (χ3n) is 0.862. The Morgan fingerprint density at radius 3 is 2.30 bits per heavy atom. The number of halogens is 3. The number of nitrogens with zero attached hydrogens (tertiary/aromatic N) is 1. The van der Waals surface area contributed by atoms with Crippen LogP contribution in [0.2, 0.25) is 0 Å². The van der Waals surface area contributed by atoms with E-state index in [9.17, 15) is 13.2 Å². The molecule has 0 aliphatic rings. The van der Waals surface area contributed by atoms with E-state index in [1.807, 2.05) is 0 Å². The number of aryl methyl sites for hydroxylation is 1. The number of hydrogen-bond donors (Lipinski definition) is 0. The largest absolute Gasteiger partial charge is 0.468 e. The van der Waals surface area contributed by atoms with Crippen LogP contribution in [0.3, 0.4) is 0 Å². The molecule has 0 atom stereocenters. The number of oxazole rings is 1. The van der Waals surface area contributed by atoms with Gasteiger partial charge in [-0.05, 0) is 6.92 Å². The van der Waals surface area contributed by atoms with Gasteiger partial charge < -0.3 is 4.42 Å². The predicted molar refractivity (Wildman–Crippen MR) is 26.2 cm³/mol. The fourth-order valence-corrected chi connectivity index (χ4v) is 0.484. The molecule has 0 bridgehead atoms. The van der Waals surface area contributed by atoms with Crippen molar-refractivity contribution in [3.63, 3.8) is 0 Å². The van der Waals surface area contributed by atoms with Gasteiger partial charge in [-0.2, -0.15) is 13.2 Å². The van der Waals surface area contributed by atoms with Crippen LogP contribution in [0.4, 0.5) is 13.2 Å². The van der Waals surface area contributed by atoms with E-state index in [2.05, 4.69) is 9.40 Å². The summed E-state index contributed by atoms with van der Waals surface area (Å²) in [6.07, 6.45) is -3.50. The maximum absolute atomic E-state index is 11.6. The lowest BCUT2D eigenvalue weighted by atomic mass is 10.6. The molecule has 0 fully saturated rings. The molecule has 1 aromatic heterocycles. The first kappa shape index (κ1) is 7.11. The highest BCUT2D eigenvalue weighted by Gasteiger charge is 2.36. The van der Waals surface area contributed by atoms with Crippen LogP contribution in [0.25, 0.3) is 0 Å². The van der Waals surface area contributed by atoms with Gasteiger partial charge in [-0.3, -0.25) is 0 Å². The zero-order chi connectivity index (χ0) is 7.78. The van der Waals surface area contributed by atoms with E-state index < -0.39 is 12.1 Å². The minimum absolute atomic E-state index is 0.229. The molecule has 2 nitrogen and oxygen atoms in total. The Balaban J connectivity index is 2.96. The molecule has 1 aromatic rings. The zero-order valence-electron chi connectivity index (χ0n) is 5.07. The highest BCUT2D eigenvalue weighted by molar-refractivity contribution is 4.95. The van der Waals surface area contributed by atoms with Crippen molar-refractivity contribution < 1.29 is 17.6 Å². The van der Waals surface area contributed by atoms with Gasteiger partial charge in [0, 0.05) is 0 Å². The van der Waals surface area contributed by atoms with E-state index in [0.717, 1.165) is 6.26 Å². The summed E-state index contributed by atoms with van der Waals surface area (Å²) in [6.45, 7) is 1.43. The minimum atomic E-state index is -4.46. The summed E-state index contributed by atoms with van der Waals surface area (Å²) in [4.78, 5) is 3.09. The second-order valence-electron chi connectivity index (χ2n) is 1.79. The Bertz CT molecular complexity index is 227. The second-order valence-corrected chi connectivity index (χ2v) is 1.79. The van der Waals surface area contributed by atoms with Gasteiger partial charge in [-0.25, -0.2) is 4.98 Å². The maximum Gasteiger partial charge on any atom is 0.468 e. The van der Waals surface area contributed by atoms with E-state index in [-0.39, 0.29) is 5.69 Å². The van der Waals surface area contributed by atoms with E-state index in [1.54, 1.807) is 0 Å². The smallest absolute Gasteiger partial charge is 0.441 e. The molecule has 0 radical (unpaired) electrons. The average molecular weight is 151 g/mol. The Morgan fingerprint density at radius 1 is 1.50 bits per heavy atom. The van der Waals surface area contributed by atoms with Crippen LogP contribution in [0, 0.1) is 6.92 Å². The van der Waals surface area contributed by atoms with Crippen molar-refractivity contribution in [2.45, 2.75) is 13.1 Å². The molecule has 0 aliphatic carbocycles. The number of alkyl halides is 3. The lowest BCUT2D eigenvalue weighted by Crippen LogP contribution is -2.04. The molecule has 0 saturated heterocycles. The number of rotatable bonds is 0. The molecule has 0 amide bonds. The Labute approximate surface area is 54.7 Å². The van der Waals surface area contributed by atoms with Crippen LogP contribution in [0.15, 0.2) is 10.7 Å². The van der Waals surface area contributed by atoms with E-state index in [4.69, 9.17) is 0 Å². The quantitative estimate of drug-likeness (QED) is 0.566. The van der Waals surface area contributed by atoms with Crippen LogP contribution in [-0.2, 0) is 6.18 Å². The molecule has 56 valence electrons. The Hall–Kier alpha value is -1.00. The van der Waals surface area contributed by atoms with Gasteiger partial charge in [0.25, 0.3) is 0 Å². The van der Waals surface area contributed by atoms with Crippen molar-refractivity contribution in [1.29, 1.82) is 0 Å². The molecule has 0 aliphatic heterocycles. The molecular formula is C5H4F3NO. The molecule has 0 N–H and O–H groups in total. The molecule has 5 heteroatoms. The summed E-state index contributed by atoms with van der Waals surface area (Å²) in [5, 5.41) is 0. The fourth-order valence-electron chi connectivity index (χ4n) is 0.484. The van der Waals surface area contributed by atoms with Gasteiger partial charge in [0.2, 0.25) is 0 Å². The summed E-state index contributed by atoms with van der Waals surface area (Å²) in [7, 11) is 0. The maximum atomic E-state index is 11.6. The summed E-state index contributed by atoms with van der Waals surface area (Å²) in [6, 6.07) is 0. The number of aromatic nitrogens is 1. The van der Waals surface area contributed by atoms with Crippen molar-refractivity contribution in [2.75, 3.05) is 0 Å². The summed E-state index contributed by atoms with van der Waals surface area (Å²) in [5.41, 5.74) is 0.229. The van der Waals surface area contributed by atoms with Crippen LogP contribution in [0.5, 0.6) is 0 Å². The van der Waals surface area contributed by atoms with Crippen molar-refractivity contribution in [2.24, 2.45) is 0 Å². The van der Waals surface area contributed by atoms with Crippen LogP contribution >= 0.6 is 0 Å². The van der Waals surface area contributed by atoms with Crippen molar-refractivity contribution >= 4 is 0 Å². The van der Waals surface area contributed by atoms with Crippen LogP contribution in [-0.4, -0.2) is 4.98 Å². The molecule has 1 heterocycles. The molecule has 0 saturated carbocycles. The first-order chi connectivity index (χ1) is 4.50. The Morgan fingerprint density at radius 2 is 2.10 bits per heavy atom. The average Bonchev–Trinajstić information content (AvgIpc) is 2.11. The highest BCUT2D eigenvalue weighted by Crippen LogP contribution is 2.27. The first-order valence-corrected chi connectivity index (χ1v) is 2.49. The van der Waals surface area contributed by atoms with Crippen LogP contribution in [0.1, 0.15) is 11.6 Å². The van der Waals surface area contributed by atoms with Crippen molar-refractivity contribution in [3.8, 4) is 0 Å².